The molecule has 0 spiro atoms. The fraction of sp³-hybridized carbons (Fsp3) is 0.429. The fourth-order valence-electron chi connectivity index (χ4n) is 2.49. The maximum absolute atomic E-state index is 12.1. The van der Waals surface area contributed by atoms with Crippen molar-refractivity contribution >= 4 is 5.78 Å². The maximum atomic E-state index is 12.1. The molecule has 0 bridgehead atoms. The molecule has 0 saturated carbocycles. The molecule has 3 heteroatoms. The van der Waals surface area contributed by atoms with Gasteiger partial charge in [0.05, 0.1) is 0 Å². The molecule has 130 valence electrons. The van der Waals surface area contributed by atoms with Gasteiger partial charge in [-0.3, -0.25) is 9.78 Å². The highest BCUT2D eigenvalue weighted by atomic mass is 16.1. The SMILES string of the molecule is CC(C)NC(C)C.Cc1cccc(C(=O)Cc2ccnc(C)c2)c1. The van der Waals surface area contributed by atoms with Crippen molar-refractivity contribution in [3.8, 4) is 0 Å². The van der Waals surface area contributed by atoms with E-state index in [1.54, 1.807) is 6.20 Å². The van der Waals surface area contributed by atoms with E-state index in [9.17, 15) is 4.79 Å². The van der Waals surface area contributed by atoms with Gasteiger partial charge in [-0.25, -0.2) is 0 Å². The quantitative estimate of drug-likeness (QED) is 0.822. The van der Waals surface area contributed by atoms with Crippen LogP contribution in [0.15, 0.2) is 42.6 Å². The second-order valence-corrected chi connectivity index (χ2v) is 6.75. The number of carbonyl (C=O) groups excluding carboxylic acids is 1. The van der Waals surface area contributed by atoms with Crippen molar-refractivity contribution in [1.82, 2.24) is 10.3 Å². The Morgan fingerprint density at radius 1 is 1.04 bits per heavy atom. The Bertz CT molecular complexity index is 642. The van der Waals surface area contributed by atoms with Gasteiger partial charge in [-0.2, -0.15) is 0 Å². The Balaban J connectivity index is 0.000000351. The molecule has 0 radical (unpaired) electrons. The van der Waals surface area contributed by atoms with Gasteiger partial charge >= 0.3 is 0 Å². The summed E-state index contributed by atoms with van der Waals surface area (Å²) in [4.78, 5) is 16.2. The van der Waals surface area contributed by atoms with E-state index >= 15 is 0 Å². The van der Waals surface area contributed by atoms with E-state index in [-0.39, 0.29) is 5.78 Å². The third kappa shape index (κ3) is 8.02. The van der Waals surface area contributed by atoms with Crippen LogP contribution in [0.2, 0.25) is 0 Å². The summed E-state index contributed by atoms with van der Waals surface area (Å²) < 4.78 is 0. The van der Waals surface area contributed by atoms with E-state index in [2.05, 4.69) is 38.0 Å². The van der Waals surface area contributed by atoms with Gasteiger partial charge in [-0.1, -0.05) is 51.5 Å². The Morgan fingerprint density at radius 3 is 2.21 bits per heavy atom. The average molecular weight is 326 g/mol. The van der Waals surface area contributed by atoms with Gasteiger partial charge < -0.3 is 5.32 Å². The minimum atomic E-state index is 0.152. The van der Waals surface area contributed by atoms with E-state index in [0.717, 1.165) is 22.4 Å². The van der Waals surface area contributed by atoms with Crippen molar-refractivity contribution in [2.24, 2.45) is 0 Å². The molecule has 0 aliphatic rings. The number of nitrogens with zero attached hydrogens (tertiary/aromatic N) is 1. The van der Waals surface area contributed by atoms with E-state index in [1.807, 2.05) is 50.2 Å². The molecule has 0 atom stereocenters. The first kappa shape index (κ1) is 20.0. The van der Waals surface area contributed by atoms with Crippen LogP contribution in [-0.2, 0) is 6.42 Å². The Kier molecular flexibility index (Phi) is 8.34. The number of benzene rings is 1. The zero-order valence-corrected chi connectivity index (χ0v) is 15.8. The highest BCUT2D eigenvalue weighted by molar-refractivity contribution is 5.97. The van der Waals surface area contributed by atoms with Crippen molar-refractivity contribution in [3.63, 3.8) is 0 Å². The van der Waals surface area contributed by atoms with Crippen LogP contribution >= 0.6 is 0 Å². The van der Waals surface area contributed by atoms with Gasteiger partial charge in [-0.05, 0) is 37.6 Å². The van der Waals surface area contributed by atoms with E-state index in [4.69, 9.17) is 0 Å². The summed E-state index contributed by atoms with van der Waals surface area (Å²) >= 11 is 0. The summed E-state index contributed by atoms with van der Waals surface area (Å²) in [5.74, 6) is 0.152. The third-order valence-corrected chi connectivity index (χ3v) is 3.33. The molecule has 24 heavy (non-hydrogen) atoms. The molecule has 0 fully saturated rings. The van der Waals surface area contributed by atoms with Crippen molar-refractivity contribution in [1.29, 1.82) is 0 Å². The molecular formula is C21H30N2O. The first-order chi connectivity index (χ1) is 11.3. The summed E-state index contributed by atoms with van der Waals surface area (Å²) in [5, 5.41) is 3.31. The Morgan fingerprint density at radius 2 is 1.71 bits per heavy atom. The molecule has 1 aromatic carbocycles. The molecule has 1 N–H and O–H groups in total. The number of rotatable bonds is 5. The minimum absolute atomic E-state index is 0.152. The first-order valence-corrected chi connectivity index (χ1v) is 8.55. The summed E-state index contributed by atoms with van der Waals surface area (Å²) in [5.41, 5.74) is 3.85. The molecular weight excluding hydrogens is 296 g/mol. The number of carbonyl (C=O) groups is 1. The number of aryl methyl sites for hydroxylation is 2. The topological polar surface area (TPSA) is 42.0 Å². The number of hydrogen-bond acceptors (Lipinski definition) is 3. The largest absolute Gasteiger partial charge is 0.312 e. The molecule has 0 saturated heterocycles. The zero-order chi connectivity index (χ0) is 18.1. The normalized spacial score (nSPS) is 10.5. The number of Topliss-reactive ketones (excluding diaryl/α,β-unsaturated/α-hetero) is 1. The molecule has 2 aromatic rings. The van der Waals surface area contributed by atoms with Crippen LogP contribution in [0.4, 0.5) is 0 Å². The molecule has 0 aliphatic carbocycles. The van der Waals surface area contributed by atoms with Gasteiger partial charge in [0.1, 0.15) is 0 Å². The van der Waals surface area contributed by atoms with E-state index < -0.39 is 0 Å². The lowest BCUT2D eigenvalue weighted by molar-refractivity contribution is 0.0993. The van der Waals surface area contributed by atoms with Crippen LogP contribution in [0, 0.1) is 13.8 Å². The Labute approximate surface area is 146 Å². The van der Waals surface area contributed by atoms with Crippen LogP contribution in [0.3, 0.4) is 0 Å². The van der Waals surface area contributed by atoms with Crippen LogP contribution in [0.1, 0.15) is 54.9 Å². The van der Waals surface area contributed by atoms with Crippen molar-refractivity contribution in [2.75, 3.05) is 0 Å². The van der Waals surface area contributed by atoms with Crippen LogP contribution < -0.4 is 5.32 Å². The first-order valence-electron chi connectivity index (χ1n) is 8.55. The van der Waals surface area contributed by atoms with E-state index in [1.165, 1.54) is 0 Å². The van der Waals surface area contributed by atoms with Crippen LogP contribution in [-0.4, -0.2) is 22.9 Å². The van der Waals surface area contributed by atoms with Gasteiger partial charge in [0.25, 0.3) is 0 Å². The molecule has 0 unspecified atom stereocenters. The molecule has 1 aromatic heterocycles. The number of ketones is 1. The number of aromatic nitrogens is 1. The molecule has 2 rings (SSSR count). The van der Waals surface area contributed by atoms with Crippen molar-refractivity contribution < 1.29 is 4.79 Å². The number of nitrogens with one attached hydrogen (secondary N) is 1. The monoisotopic (exact) mass is 326 g/mol. The molecule has 3 nitrogen and oxygen atoms in total. The predicted molar refractivity (Wildman–Crippen MR) is 102 cm³/mol. The van der Waals surface area contributed by atoms with Gasteiger partial charge in [-0.15, -0.1) is 0 Å². The summed E-state index contributed by atoms with van der Waals surface area (Å²) in [7, 11) is 0. The highest BCUT2D eigenvalue weighted by Gasteiger charge is 2.07. The standard InChI is InChI=1S/C15H15NO.C6H15N/c1-11-4-3-5-14(8-11)15(17)10-13-6-7-16-12(2)9-13;1-5(2)7-6(3)4/h3-9H,10H2,1-2H3;5-7H,1-4H3. The maximum Gasteiger partial charge on any atom is 0.167 e. The van der Waals surface area contributed by atoms with Gasteiger partial charge in [0.2, 0.25) is 0 Å². The van der Waals surface area contributed by atoms with E-state index in [0.29, 0.717) is 18.5 Å². The number of hydrogen-bond donors (Lipinski definition) is 1. The summed E-state index contributed by atoms with van der Waals surface area (Å²) in [6.07, 6.45) is 2.18. The second kappa shape index (κ2) is 9.99. The van der Waals surface area contributed by atoms with Crippen molar-refractivity contribution in [2.45, 2.75) is 60.0 Å². The predicted octanol–water partition coefficient (Wildman–Crippen LogP) is 4.52. The molecule has 1 heterocycles. The third-order valence-electron chi connectivity index (χ3n) is 3.33. The van der Waals surface area contributed by atoms with Crippen LogP contribution in [0.5, 0.6) is 0 Å². The average Bonchev–Trinajstić information content (AvgIpc) is 2.46. The molecule has 0 amide bonds. The lowest BCUT2D eigenvalue weighted by Gasteiger charge is -2.10. The molecule has 0 aliphatic heterocycles. The fourth-order valence-corrected chi connectivity index (χ4v) is 2.49. The lowest BCUT2D eigenvalue weighted by Crippen LogP contribution is -2.29. The lowest BCUT2D eigenvalue weighted by atomic mass is 10.0. The zero-order valence-electron chi connectivity index (χ0n) is 15.8. The van der Waals surface area contributed by atoms with Crippen LogP contribution in [0.25, 0.3) is 0 Å². The van der Waals surface area contributed by atoms with Crippen molar-refractivity contribution in [3.05, 3.63) is 65.0 Å². The highest BCUT2D eigenvalue weighted by Crippen LogP contribution is 2.09. The van der Waals surface area contributed by atoms with Gasteiger partial charge in [0.15, 0.2) is 5.78 Å². The minimum Gasteiger partial charge on any atom is -0.312 e. The number of pyridine rings is 1. The second-order valence-electron chi connectivity index (χ2n) is 6.75. The van der Waals surface area contributed by atoms with Gasteiger partial charge in [0, 0.05) is 36.0 Å². The Hall–Kier alpha value is -2.00. The smallest absolute Gasteiger partial charge is 0.167 e. The summed E-state index contributed by atoms with van der Waals surface area (Å²) in [6, 6.07) is 12.8. The summed E-state index contributed by atoms with van der Waals surface area (Å²) in [6.45, 7) is 12.5.